The lowest BCUT2D eigenvalue weighted by atomic mass is 9.99. The maximum atomic E-state index is 14.2. The number of fused-ring (bicyclic) bond motifs is 1. The number of carbonyl (C=O) groups excluding carboxylic acids is 1. The second-order valence-electron chi connectivity index (χ2n) is 5.58. The van der Waals surface area contributed by atoms with Gasteiger partial charge in [-0.1, -0.05) is 12.1 Å². The lowest BCUT2D eigenvalue weighted by Gasteiger charge is -2.26. The molecule has 7 heteroatoms. The van der Waals surface area contributed by atoms with Crippen LogP contribution in [0.5, 0.6) is 0 Å². The Balaban J connectivity index is 2.25. The number of nitrogens with zero attached hydrogens (tertiary/aromatic N) is 2. The summed E-state index contributed by atoms with van der Waals surface area (Å²) in [6.07, 6.45) is 0. The molecule has 1 aliphatic rings. The van der Waals surface area contributed by atoms with Crippen molar-refractivity contribution >= 4 is 23.3 Å². The highest BCUT2D eigenvalue weighted by molar-refractivity contribution is 6.20. The molecule has 1 aliphatic heterocycles. The number of carboxylic acid groups (broad SMARTS) is 1. The quantitative estimate of drug-likeness (QED) is 0.930. The van der Waals surface area contributed by atoms with E-state index in [1.165, 1.54) is 31.2 Å². The molecular weight excluding hydrogens is 330 g/mol. The van der Waals surface area contributed by atoms with Gasteiger partial charge >= 0.3 is 5.97 Å². The summed E-state index contributed by atoms with van der Waals surface area (Å²) >= 11 is 0. The van der Waals surface area contributed by atoms with E-state index >= 15 is 0 Å². The molecular formula is C18H14F2N2O3. The van der Waals surface area contributed by atoms with Gasteiger partial charge in [-0.25, -0.2) is 13.6 Å². The Hall–Kier alpha value is -3.09. The van der Waals surface area contributed by atoms with Crippen LogP contribution in [0.1, 0.15) is 18.1 Å². The molecule has 0 bridgehead atoms. The Labute approximate surface area is 142 Å². The fourth-order valence-corrected chi connectivity index (χ4v) is 2.77. The first-order chi connectivity index (χ1) is 11.9. The lowest BCUT2D eigenvalue weighted by molar-refractivity contribution is -0.139. The highest BCUT2D eigenvalue weighted by Crippen LogP contribution is 2.30. The van der Waals surface area contributed by atoms with Crippen molar-refractivity contribution in [3.05, 3.63) is 65.2 Å². The summed E-state index contributed by atoms with van der Waals surface area (Å²) in [6, 6.07) is 8.20. The van der Waals surface area contributed by atoms with Crippen LogP contribution in [-0.4, -0.2) is 35.3 Å². The van der Waals surface area contributed by atoms with Gasteiger partial charge in [-0.2, -0.15) is 0 Å². The summed E-state index contributed by atoms with van der Waals surface area (Å²) in [6.45, 7) is 0.985. The summed E-state index contributed by atoms with van der Waals surface area (Å²) in [5.41, 5.74) is 0.581. The Morgan fingerprint density at radius 1 is 1.20 bits per heavy atom. The first-order valence-electron chi connectivity index (χ1n) is 7.54. The van der Waals surface area contributed by atoms with Gasteiger partial charge in [-0.15, -0.1) is 0 Å². The SMILES string of the molecule is CC(C(=O)O)N1C(=O)CN=C(c2ccccc2F)c2cc(F)ccc21. The summed E-state index contributed by atoms with van der Waals surface area (Å²) < 4.78 is 28.0. The van der Waals surface area contributed by atoms with Crippen molar-refractivity contribution < 1.29 is 23.5 Å². The number of hydrogen-bond donors (Lipinski definition) is 1. The number of anilines is 1. The fraction of sp³-hybridized carbons (Fsp3) is 0.167. The number of benzene rings is 2. The molecule has 1 amide bonds. The van der Waals surface area contributed by atoms with Crippen LogP contribution in [0.4, 0.5) is 14.5 Å². The average molecular weight is 344 g/mol. The first kappa shape index (κ1) is 16.8. The number of aliphatic carboxylic acids is 1. The smallest absolute Gasteiger partial charge is 0.326 e. The molecule has 0 spiro atoms. The Morgan fingerprint density at radius 3 is 2.60 bits per heavy atom. The van der Waals surface area contributed by atoms with Crippen LogP contribution in [0, 0.1) is 11.6 Å². The van der Waals surface area contributed by atoms with Gasteiger partial charge in [0.15, 0.2) is 0 Å². The first-order valence-corrected chi connectivity index (χ1v) is 7.54. The number of rotatable bonds is 3. The highest BCUT2D eigenvalue weighted by Gasteiger charge is 2.32. The van der Waals surface area contributed by atoms with Crippen molar-refractivity contribution in [3.8, 4) is 0 Å². The predicted octanol–water partition coefficient (Wildman–Crippen LogP) is 2.62. The predicted molar refractivity (Wildman–Crippen MR) is 87.9 cm³/mol. The van der Waals surface area contributed by atoms with E-state index in [0.717, 1.165) is 17.0 Å². The molecule has 2 aromatic rings. The van der Waals surface area contributed by atoms with Gasteiger partial charge in [-0.3, -0.25) is 14.7 Å². The van der Waals surface area contributed by atoms with Crippen molar-refractivity contribution in [2.75, 3.05) is 11.4 Å². The number of hydrogen-bond acceptors (Lipinski definition) is 3. The molecule has 5 nitrogen and oxygen atoms in total. The molecule has 25 heavy (non-hydrogen) atoms. The van der Waals surface area contributed by atoms with Crippen molar-refractivity contribution in [2.24, 2.45) is 4.99 Å². The van der Waals surface area contributed by atoms with Crippen molar-refractivity contribution in [3.63, 3.8) is 0 Å². The zero-order valence-electron chi connectivity index (χ0n) is 13.2. The maximum absolute atomic E-state index is 14.2. The van der Waals surface area contributed by atoms with Crippen LogP contribution >= 0.6 is 0 Å². The molecule has 0 radical (unpaired) electrons. The van der Waals surface area contributed by atoms with Crippen LogP contribution in [0.2, 0.25) is 0 Å². The molecule has 0 aromatic heterocycles. The van der Waals surface area contributed by atoms with E-state index in [4.69, 9.17) is 0 Å². The van der Waals surface area contributed by atoms with Crippen LogP contribution in [0.25, 0.3) is 0 Å². The van der Waals surface area contributed by atoms with Gasteiger partial charge < -0.3 is 5.11 Å². The van der Waals surface area contributed by atoms with E-state index in [1.807, 2.05) is 0 Å². The van der Waals surface area contributed by atoms with E-state index in [2.05, 4.69) is 4.99 Å². The van der Waals surface area contributed by atoms with Crippen LogP contribution < -0.4 is 4.90 Å². The second-order valence-corrected chi connectivity index (χ2v) is 5.58. The van der Waals surface area contributed by atoms with Crippen molar-refractivity contribution in [1.29, 1.82) is 0 Å². The molecule has 2 aromatic carbocycles. The Bertz CT molecular complexity index is 896. The monoisotopic (exact) mass is 344 g/mol. The van der Waals surface area contributed by atoms with Crippen LogP contribution in [0.15, 0.2) is 47.5 Å². The Morgan fingerprint density at radius 2 is 1.92 bits per heavy atom. The van der Waals surface area contributed by atoms with Crippen molar-refractivity contribution in [2.45, 2.75) is 13.0 Å². The van der Waals surface area contributed by atoms with Crippen molar-refractivity contribution in [1.82, 2.24) is 0 Å². The van der Waals surface area contributed by atoms with Gasteiger partial charge in [0, 0.05) is 11.1 Å². The molecule has 0 saturated carbocycles. The minimum Gasteiger partial charge on any atom is -0.480 e. The van der Waals surface area contributed by atoms with E-state index < -0.39 is 29.6 Å². The minimum atomic E-state index is -1.21. The molecule has 0 saturated heterocycles. The standard InChI is InChI=1S/C18H14F2N2O3/c1-10(18(24)25)22-15-7-6-11(19)8-13(15)17(21-9-16(22)23)12-4-2-3-5-14(12)20/h2-8,10H,9H2,1H3,(H,24,25). The van der Waals surface area contributed by atoms with Crippen LogP contribution in [-0.2, 0) is 9.59 Å². The van der Waals surface area contributed by atoms with Gasteiger partial charge in [-0.05, 0) is 37.3 Å². The molecule has 3 rings (SSSR count). The molecule has 1 unspecified atom stereocenters. The van der Waals surface area contributed by atoms with E-state index in [9.17, 15) is 23.5 Å². The third-order valence-corrected chi connectivity index (χ3v) is 3.99. The van der Waals surface area contributed by atoms with E-state index in [-0.39, 0.29) is 29.1 Å². The molecule has 1 heterocycles. The molecule has 128 valence electrons. The summed E-state index contributed by atoms with van der Waals surface area (Å²) in [4.78, 5) is 29.0. The minimum absolute atomic E-state index is 0.112. The lowest BCUT2D eigenvalue weighted by Crippen LogP contribution is -2.44. The van der Waals surface area contributed by atoms with Gasteiger partial charge in [0.05, 0.1) is 11.4 Å². The number of carboxylic acids is 1. The average Bonchev–Trinajstić information content (AvgIpc) is 2.71. The molecule has 0 aliphatic carbocycles. The number of amides is 1. The largest absolute Gasteiger partial charge is 0.480 e. The fourth-order valence-electron chi connectivity index (χ4n) is 2.77. The van der Waals surface area contributed by atoms with Gasteiger partial charge in [0.1, 0.15) is 24.2 Å². The van der Waals surface area contributed by atoms with Crippen LogP contribution in [0.3, 0.4) is 0 Å². The molecule has 1 atom stereocenters. The summed E-state index contributed by atoms with van der Waals surface area (Å²) in [5, 5.41) is 9.29. The number of aliphatic imine (C=N–C) groups is 1. The maximum Gasteiger partial charge on any atom is 0.326 e. The zero-order valence-corrected chi connectivity index (χ0v) is 13.2. The molecule has 0 fully saturated rings. The third kappa shape index (κ3) is 3.00. The zero-order chi connectivity index (χ0) is 18.1. The second kappa shape index (κ2) is 6.43. The topological polar surface area (TPSA) is 70.0 Å². The normalized spacial score (nSPS) is 15.2. The summed E-state index contributed by atoms with van der Waals surface area (Å²) in [5.74, 6) is -2.93. The number of benzodiazepines with no additional fused rings is 1. The van der Waals surface area contributed by atoms with E-state index in [1.54, 1.807) is 6.07 Å². The van der Waals surface area contributed by atoms with Gasteiger partial charge in [0.25, 0.3) is 0 Å². The third-order valence-electron chi connectivity index (χ3n) is 3.99. The molecule has 1 N–H and O–H groups in total. The van der Waals surface area contributed by atoms with Gasteiger partial charge in [0.2, 0.25) is 5.91 Å². The number of carbonyl (C=O) groups is 2. The van der Waals surface area contributed by atoms with E-state index in [0.29, 0.717) is 0 Å². The summed E-state index contributed by atoms with van der Waals surface area (Å²) in [7, 11) is 0. The highest BCUT2D eigenvalue weighted by atomic mass is 19.1. The number of halogens is 2. The Kier molecular flexibility index (Phi) is 4.31.